The van der Waals surface area contributed by atoms with Crippen LogP contribution in [0.25, 0.3) is 0 Å². The van der Waals surface area contributed by atoms with Gasteiger partial charge in [-0.15, -0.1) is 0 Å². The van der Waals surface area contributed by atoms with Crippen molar-refractivity contribution < 1.29 is 9.53 Å². The van der Waals surface area contributed by atoms with Crippen molar-refractivity contribution in [2.45, 2.75) is 17.0 Å². The van der Waals surface area contributed by atoms with Gasteiger partial charge in [-0.3, -0.25) is 4.79 Å². The molecule has 0 unspecified atom stereocenters. The Kier molecular flexibility index (Phi) is 2.70. The van der Waals surface area contributed by atoms with Crippen LogP contribution in [-0.2, 0) is 9.53 Å². The third kappa shape index (κ3) is 2.65. The number of hydrogen-bond donors (Lipinski definition) is 0. The van der Waals surface area contributed by atoms with Crippen molar-refractivity contribution in [1.29, 1.82) is 0 Å². The molecule has 0 spiro atoms. The maximum Gasteiger partial charge on any atom is 0.304 e. The number of ether oxygens (including phenoxy) is 1. The van der Waals surface area contributed by atoms with E-state index in [1.807, 2.05) is 24.3 Å². The van der Waals surface area contributed by atoms with Gasteiger partial charge in [-0.1, -0.05) is 18.2 Å². The number of carbonyl (C=O) groups excluding carboxylic acids is 1. The topological polar surface area (TPSA) is 26.3 Å². The quantitative estimate of drug-likeness (QED) is 0.412. The Morgan fingerprint density at radius 3 is 2.82 bits per heavy atom. The highest BCUT2D eigenvalue weighted by Crippen LogP contribution is 2.29. The average Bonchev–Trinajstić information content (AvgIpc) is 1.85. The third-order valence-electron chi connectivity index (χ3n) is 1.30. The molecule has 0 N–H and O–H groups in total. The van der Waals surface area contributed by atoms with Gasteiger partial charge in [0.25, 0.3) is 0 Å². The Morgan fingerprint density at radius 2 is 2.36 bits per heavy atom. The molecular formula is C8H9IO2. The number of allylic oxidation sites excluding steroid dienone is 2. The number of rotatable bonds is 1. The second-order valence-corrected chi connectivity index (χ2v) is 4.20. The lowest BCUT2D eigenvalue weighted by Crippen LogP contribution is -2.24. The van der Waals surface area contributed by atoms with Crippen LogP contribution in [0.4, 0.5) is 0 Å². The van der Waals surface area contributed by atoms with E-state index in [1.54, 1.807) is 0 Å². The molecule has 1 atom stereocenters. The van der Waals surface area contributed by atoms with E-state index in [2.05, 4.69) is 22.6 Å². The molecule has 0 aromatic carbocycles. The molecule has 0 radical (unpaired) electrons. The van der Waals surface area contributed by atoms with E-state index in [1.165, 1.54) is 6.92 Å². The summed E-state index contributed by atoms with van der Waals surface area (Å²) in [6.45, 7) is 1.42. The molecule has 1 aliphatic carbocycles. The van der Waals surface area contributed by atoms with Crippen LogP contribution in [0, 0.1) is 0 Å². The normalized spacial score (nSPS) is 28.5. The number of alkyl halides is 1. The molecule has 0 saturated carbocycles. The summed E-state index contributed by atoms with van der Waals surface area (Å²) >= 11 is 2.12. The van der Waals surface area contributed by atoms with Crippen molar-refractivity contribution in [3.8, 4) is 0 Å². The second kappa shape index (κ2) is 3.38. The van der Waals surface area contributed by atoms with Crippen LogP contribution < -0.4 is 0 Å². The van der Waals surface area contributed by atoms with E-state index in [0.717, 1.165) is 6.42 Å². The summed E-state index contributed by atoms with van der Waals surface area (Å²) in [7, 11) is 0. The molecule has 0 aromatic heterocycles. The van der Waals surface area contributed by atoms with Crippen molar-refractivity contribution >= 4 is 28.6 Å². The second-order valence-electron chi connectivity index (χ2n) is 2.37. The lowest BCUT2D eigenvalue weighted by atomic mass is 10.1. The molecule has 0 fully saturated rings. The summed E-state index contributed by atoms with van der Waals surface area (Å²) in [5, 5.41) is 0. The van der Waals surface area contributed by atoms with Gasteiger partial charge in [0.2, 0.25) is 0 Å². The molecule has 0 aliphatic heterocycles. The monoisotopic (exact) mass is 264 g/mol. The van der Waals surface area contributed by atoms with Crippen molar-refractivity contribution in [2.75, 3.05) is 0 Å². The Bertz CT molecular complexity index is 220. The Morgan fingerprint density at radius 1 is 1.64 bits per heavy atom. The van der Waals surface area contributed by atoms with Gasteiger partial charge in [0.05, 0.1) is 0 Å². The molecule has 60 valence electrons. The first-order valence-electron chi connectivity index (χ1n) is 3.35. The van der Waals surface area contributed by atoms with Crippen LogP contribution >= 0.6 is 22.6 Å². The molecule has 3 heteroatoms. The molecule has 2 nitrogen and oxygen atoms in total. The van der Waals surface area contributed by atoms with Gasteiger partial charge in [-0.25, -0.2) is 0 Å². The van der Waals surface area contributed by atoms with Crippen molar-refractivity contribution in [3.63, 3.8) is 0 Å². The van der Waals surface area contributed by atoms with Gasteiger partial charge in [0, 0.05) is 13.3 Å². The van der Waals surface area contributed by atoms with Crippen LogP contribution in [-0.4, -0.2) is 9.58 Å². The zero-order chi connectivity index (χ0) is 8.32. The van der Waals surface area contributed by atoms with Gasteiger partial charge in [-0.2, -0.15) is 0 Å². The Balaban J connectivity index is 2.61. The zero-order valence-electron chi connectivity index (χ0n) is 6.21. The highest BCUT2D eigenvalue weighted by Gasteiger charge is 2.25. The van der Waals surface area contributed by atoms with E-state index in [-0.39, 0.29) is 5.97 Å². The first-order chi connectivity index (χ1) is 5.12. The molecule has 11 heavy (non-hydrogen) atoms. The first kappa shape index (κ1) is 8.77. The maximum absolute atomic E-state index is 10.6. The smallest absolute Gasteiger partial charge is 0.304 e. The number of hydrogen-bond acceptors (Lipinski definition) is 2. The van der Waals surface area contributed by atoms with Crippen molar-refractivity contribution in [1.82, 2.24) is 0 Å². The van der Waals surface area contributed by atoms with Crippen molar-refractivity contribution in [2.24, 2.45) is 0 Å². The summed E-state index contributed by atoms with van der Waals surface area (Å²) in [4.78, 5) is 10.6. The highest BCUT2D eigenvalue weighted by atomic mass is 127. The third-order valence-corrected chi connectivity index (χ3v) is 2.32. The minimum Gasteiger partial charge on any atom is -0.444 e. The molecule has 0 bridgehead atoms. The van der Waals surface area contributed by atoms with Gasteiger partial charge in [0.1, 0.15) is 0 Å². The molecule has 0 saturated heterocycles. The predicted octanol–water partition coefficient (Wildman–Crippen LogP) is 2.20. The largest absolute Gasteiger partial charge is 0.444 e. The minimum atomic E-state index is -0.446. The molecule has 0 aromatic rings. The minimum absolute atomic E-state index is 0.237. The lowest BCUT2D eigenvalue weighted by Gasteiger charge is -2.23. The lowest BCUT2D eigenvalue weighted by molar-refractivity contribution is -0.144. The fourth-order valence-corrected chi connectivity index (χ4v) is 1.66. The summed E-state index contributed by atoms with van der Waals surface area (Å²) in [6.07, 6.45) is 8.45. The SMILES string of the molecule is CC(=O)O[C@@]1(I)C=CC=CC1. The standard InChI is InChI=1S/C8H9IO2/c1-7(10)11-8(9)5-3-2-4-6-8/h2-5H,6H2,1H3/t8-/m0/s1. The summed E-state index contributed by atoms with van der Waals surface area (Å²) < 4.78 is 4.64. The summed E-state index contributed by atoms with van der Waals surface area (Å²) in [6, 6.07) is 0. The fraction of sp³-hybridized carbons (Fsp3) is 0.375. The highest BCUT2D eigenvalue weighted by molar-refractivity contribution is 14.1. The van der Waals surface area contributed by atoms with Crippen LogP contribution in [0.5, 0.6) is 0 Å². The fourth-order valence-electron chi connectivity index (χ4n) is 0.889. The zero-order valence-corrected chi connectivity index (χ0v) is 8.37. The first-order valence-corrected chi connectivity index (χ1v) is 4.43. The molecule has 0 amide bonds. The average molecular weight is 264 g/mol. The van der Waals surface area contributed by atoms with Gasteiger partial charge in [-0.05, 0) is 28.7 Å². The molecule has 1 rings (SSSR count). The van der Waals surface area contributed by atoms with Gasteiger partial charge >= 0.3 is 5.97 Å². The van der Waals surface area contributed by atoms with Crippen LogP contribution in [0.3, 0.4) is 0 Å². The number of halogens is 1. The summed E-state index contributed by atoms with van der Waals surface area (Å²) in [5.41, 5.74) is 0. The van der Waals surface area contributed by atoms with Gasteiger partial charge in [0.15, 0.2) is 3.61 Å². The van der Waals surface area contributed by atoms with E-state index in [9.17, 15) is 4.79 Å². The van der Waals surface area contributed by atoms with Crippen LogP contribution in [0.1, 0.15) is 13.3 Å². The molecule has 0 heterocycles. The van der Waals surface area contributed by atoms with E-state index in [4.69, 9.17) is 4.74 Å². The van der Waals surface area contributed by atoms with E-state index in [0.29, 0.717) is 0 Å². The number of carbonyl (C=O) groups is 1. The Hall–Kier alpha value is -0.320. The maximum atomic E-state index is 10.6. The van der Waals surface area contributed by atoms with Crippen LogP contribution in [0.15, 0.2) is 24.3 Å². The number of esters is 1. The molecule has 1 aliphatic rings. The van der Waals surface area contributed by atoms with E-state index >= 15 is 0 Å². The summed E-state index contributed by atoms with van der Waals surface area (Å²) in [5.74, 6) is -0.237. The van der Waals surface area contributed by atoms with Gasteiger partial charge < -0.3 is 4.74 Å². The Labute approximate surface area is 79.4 Å². The van der Waals surface area contributed by atoms with Crippen LogP contribution in [0.2, 0.25) is 0 Å². The van der Waals surface area contributed by atoms with Crippen molar-refractivity contribution in [3.05, 3.63) is 24.3 Å². The van der Waals surface area contributed by atoms with E-state index < -0.39 is 3.61 Å². The predicted molar refractivity (Wildman–Crippen MR) is 51.4 cm³/mol. The molecular weight excluding hydrogens is 255 g/mol.